The second-order valence-corrected chi connectivity index (χ2v) is 12.4. The van der Waals surface area contributed by atoms with Crippen molar-refractivity contribution in [2.45, 2.75) is 51.5 Å². The van der Waals surface area contributed by atoms with Gasteiger partial charge in [-0.3, -0.25) is 9.69 Å². The van der Waals surface area contributed by atoms with E-state index in [1.165, 1.54) is 37.7 Å². The average molecular weight is 534 g/mol. The van der Waals surface area contributed by atoms with E-state index in [2.05, 4.69) is 20.2 Å². The topological polar surface area (TPSA) is 79.8 Å². The predicted octanol–water partition coefficient (Wildman–Crippen LogP) is 4.04. The molecular weight excluding hydrogens is 490 g/mol. The van der Waals surface area contributed by atoms with Crippen molar-refractivity contribution in [3.8, 4) is 11.5 Å². The van der Waals surface area contributed by atoms with Gasteiger partial charge in [0, 0.05) is 25.2 Å². The Morgan fingerprint density at radius 2 is 1.79 bits per heavy atom. The lowest BCUT2D eigenvalue weighted by molar-refractivity contribution is -0.133. The Labute approximate surface area is 232 Å². The summed E-state index contributed by atoms with van der Waals surface area (Å²) in [7, 11) is 5.30. The third kappa shape index (κ3) is 5.58. The molecule has 8 nitrogen and oxygen atoms in total. The summed E-state index contributed by atoms with van der Waals surface area (Å²) in [5.41, 5.74) is 3.35. The molecule has 7 rings (SSSR count). The van der Waals surface area contributed by atoms with Crippen LogP contribution in [0, 0.1) is 29.6 Å². The molecule has 0 radical (unpaired) electrons. The lowest BCUT2D eigenvalue weighted by Crippen LogP contribution is -2.47. The number of fused-ring (bicyclic) bond motifs is 1. The van der Waals surface area contributed by atoms with Crippen molar-refractivity contribution < 1.29 is 14.3 Å². The number of nitrogens with one attached hydrogen (secondary N) is 1. The van der Waals surface area contributed by atoms with Crippen LogP contribution in [0.15, 0.2) is 24.5 Å². The van der Waals surface area contributed by atoms with E-state index in [1.807, 2.05) is 30.1 Å². The molecule has 1 amide bonds. The molecule has 1 N–H and O–H groups in total. The first-order chi connectivity index (χ1) is 19.0. The Morgan fingerprint density at radius 1 is 1.05 bits per heavy atom. The van der Waals surface area contributed by atoms with Gasteiger partial charge in [-0.1, -0.05) is 6.07 Å². The fourth-order valence-corrected chi connectivity index (χ4v) is 8.07. The van der Waals surface area contributed by atoms with Crippen molar-refractivity contribution in [3.63, 3.8) is 0 Å². The second-order valence-electron chi connectivity index (χ2n) is 12.4. The van der Waals surface area contributed by atoms with Gasteiger partial charge in [0.05, 0.1) is 33.0 Å². The number of carbonyl (C=O) groups excluding carboxylic acids is 1. The molecule has 0 unspecified atom stereocenters. The number of aromatic nitrogens is 2. The first-order valence-corrected chi connectivity index (χ1v) is 14.7. The quantitative estimate of drug-likeness (QED) is 0.494. The number of carbonyl (C=O) groups is 1. The van der Waals surface area contributed by atoms with Crippen LogP contribution >= 0.6 is 0 Å². The van der Waals surface area contributed by atoms with E-state index in [0.29, 0.717) is 13.1 Å². The van der Waals surface area contributed by atoms with Gasteiger partial charge < -0.3 is 19.7 Å². The van der Waals surface area contributed by atoms with Crippen molar-refractivity contribution in [3.05, 3.63) is 41.3 Å². The van der Waals surface area contributed by atoms with Crippen LogP contribution in [0.4, 0.5) is 5.82 Å². The number of anilines is 1. The minimum Gasteiger partial charge on any atom is -0.493 e. The van der Waals surface area contributed by atoms with Gasteiger partial charge in [-0.2, -0.15) is 0 Å². The van der Waals surface area contributed by atoms with Crippen molar-refractivity contribution in [1.82, 2.24) is 19.8 Å². The molecule has 1 aromatic carbocycles. The molecular formula is C31H43N5O3. The fraction of sp³-hybridized carbons (Fsp3) is 0.645. The highest BCUT2D eigenvalue weighted by Gasteiger charge is 2.47. The molecule has 4 bridgehead atoms. The number of hydrogen-bond acceptors (Lipinski definition) is 7. The molecule has 2 aromatic rings. The fourth-order valence-electron chi connectivity index (χ4n) is 8.07. The summed E-state index contributed by atoms with van der Waals surface area (Å²) >= 11 is 0. The number of benzene rings is 1. The zero-order valence-electron chi connectivity index (χ0n) is 23.7. The summed E-state index contributed by atoms with van der Waals surface area (Å²) in [5.74, 6) is 7.21. The van der Waals surface area contributed by atoms with Crippen LogP contribution in [0.1, 0.15) is 48.9 Å². The molecule has 210 valence electrons. The minimum absolute atomic E-state index is 0.150. The van der Waals surface area contributed by atoms with Crippen molar-refractivity contribution >= 4 is 11.7 Å². The zero-order chi connectivity index (χ0) is 26.9. The van der Waals surface area contributed by atoms with Crippen LogP contribution in [-0.4, -0.2) is 73.1 Å². The second kappa shape index (κ2) is 11.3. The molecule has 0 saturated heterocycles. The van der Waals surface area contributed by atoms with Gasteiger partial charge in [-0.05, 0) is 99.3 Å². The van der Waals surface area contributed by atoms with Crippen molar-refractivity contribution in [2.24, 2.45) is 29.6 Å². The van der Waals surface area contributed by atoms with E-state index in [4.69, 9.17) is 9.47 Å². The third-order valence-electron chi connectivity index (χ3n) is 9.92. The Hall–Kier alpha value is -2.87. The summed E-state index contributed by atoms with van der Waals surface area (Å²) in [6.07, 6.45) is 10.6. The van der Waals surface area contributed by atoms with Crippen LogP contribution in [-0.2, 0) is 24.2 Å². The monoisotopic (exact) mass is 533 g/mol. The Balaban J connectivity index is 1.01. The maximum atomic E-state index is 13.2. The van der Waals surface area contributed by atoms with Crippen LogP contribution < -0.4 is 14.8 Å². The maximum Gasteiger partial charge on any atom is 0.237 e. The summed E-state index contributed by atoms with van der Waals surface area (Å²) in [4.78, 5) is 26.4. The summed E-state index contributed by atoms with van der Waals surface area (Å²) in [6.45, 7) is 3.49. The van der Waals surface area contributed by atoms with Gasteiger partial charge in [0.15, 0.2) is 11.5 Å². The summed E-state index contributed by atoms with van der Waals surface area (Å²) < 4.78 is 10.8. The highest BCUT2D eigenvalue weighted by Crippen LogP contribution is 2.56. The average Bonchev–Trinajstić information content (AvgIpc) is 2.94. The number of methoxy groups -OCH3 is 2. The van der Waals surface area contributed by atoms with Gasteiger partial charge in [0.1, 0.15) is 12.1 Å². The number of rotatable bonds is 10. The molecule has 2 heterocycles. The molecule has 4 aliphatic carbocycles. The Morgan fingerprint density at radius 3 is 2.51 bits per heavy atom. The van der Waals surface area contributed by atoms with Gasteiger partial charge in [-0.25, -0.2) is 9.97 Å². The first kappa shape index (κ1) is 26.4. The molecule has 1 aliphatic heterocycles. The van der Waals surface area contributed by atoms with Crippen LogP contribution in [0.5, 0.6) is 11.5 Å². The standard InChI is InChI=1S/C31H43N5O3/c1-35(8-6-20-4-5-28(38-2)29(15-20)39-3)18-30(37)36-9-7-25-27(17-36)33-19-34-31(25)32-16-26-23-11-21-10-22(13-23)14-24(26)12-21/h4-5,15,19,21-24,26H,6-14,16-18H2,1-3H3,(H,32,33,34). The Kier molecular flexibility index (Phi) is 7.65. The molecule has 4 saturated carbocycles. The van der Waals surface area contributed by atoms with Crippen LogP contribution in [0.3, 0.4) is 0 Å². The first-order valence-electron chi connectivity index (χ1n) is 14.7. The van der Waals surface area contributed by atoms with E-state index in [1.54, 1.807) is 20.5 Å². The van der Waals surface area contributed by atoms with Gasteiger partial charge in [-0.15, -0.1) is 0 Å². The number of amides is 1. The SMILES string of the molecule is COc1ccc(CCN(C)CC(=O)N2CCc3c(ncnc3NCC3C4CC5CC(C4)CC3C5)C2)cc1OC. The van der Waals surface area contributed by atoms with Crippen molar-refractivity contribution in [1.29, 1.82) is 0 Å². The highest BCUT2D eigenvalue weighted by molar-refractivity contribution is 5.78. The van der Waals surface area contributed by atoms with E-state index < -0.39 is 0 Å². The molecule has 5 aliphatic rings. The Bertz CT molecular complexity index is 1160. The molecule has 1 aromatic heterocycles. The summed E-state index contributed by atoms with van der Waals surface area (Å²) in [6, 6.07) is 5.98. The predicted molar refractivity (Wildman–Crippen MR) is 151 cm³/mol. The van der Waals surface area contributed by atoms with E-state index in [-0.39, 0.29) is 5.91 Å². The normalized spacial score (nSPS) is 27.0. The number of likely N-dealkylation sites (N-methyl/N-ethyl adjacent to an activating group) is 1. The number of hydrogen-bond donors (Lipinski definition) is 1. The molecule has 0 atom stereocenters. The minimum atomic E-state index is 0.150. The maximum absolute atomic E-state index is 13.2. The largest absolute Gasteiger partial charge is 0.493 e. The van der Waals surface area contributed by atoms with E-state index in [0.717, 1.165) is 90.6 Å². The van der Waals surface area contributed by atoms with Gasteiger partial charge in [0.2, 0.25) is 5.91 Å². The van der Waals surface area contributed by atoms with E-state index >= 15 is 0 Å². The highest BCUT2D eigenvalue weighted by atomic mass is 16.5. The zero-order valence-corrected chi connectivity index (χ0v) is 23.7. The third-order valence-corrected chi connectivity index (χ3v) is 9.92. The molecule has 39 heavy (non-hydrogen) atoms. The smallest absolute Gasteiger partial charge is 0.237 e. The number of ether oxygens (including phenoxy) is 2. The lowest BCUT2D eigenvalue weighted by Gasteiger charge is -2.54. The van der Waals surface area contributed by atoms with Crippen LogP contribution in [0.25, 0.3) is 0 Å². The molecule has 4 fully saturated rings. The van der Waals surface area contributed by atoms with E-state index in [9.17, 15) is 4.79 Å². The van der Waals surface area contributed by atoms with Crippen molar-refractivity contribution in [2.75, 3.05) is 52.8 Å². The van der Waals surface area contributed by atoms with Gasteiger partial charge in [0.25, 0.3) is 0 Å². The number of nitrogens with zero attached hydrogens (tertiary/aromatic N) is 4. The lowest BCUT2D eigenvalue weighted by atomic mass is 9.52. The molecule has 8 heteroatoms. The summed E-state index contributed by atoms with van der Waals surface area (Å²) in [5, 5.41) is 3.75. The molecule has 0 spiro atoms. The van der Waals surface area contributed by atoms with Crippen LogP contribution in [0.2, 0.25) is 0 Å². The van der Waals surface area contributed by atoms with Gasteiger partial charge >= 0.3 is 0 Å².